The first-order valence-electron chi connectivity index (χ1n) is 7.42. The lowest BCUT2D eigenvalue weighted by Crippen LogP contribution is -2.20. The molecule has 1 fully saturated rings. The number of H-pyrrole nitrogens is 1. The van der Waals surface area contributed by atoms with Gasteiger partial charge in [-0.25, -0.2) is 4.98 Å². The minimum atomic E-state index is 0.547. The molecule has 1 N–H and O–H groups in total. The molecule has 3 rings (SSSR count). The number of nitrogens with one attached hydrogen (secondary N) is 1. The van der Waals surface area contributed by atoms with Crippen molar-refractivity contribution < 1.29 is 0 Å². The summed E-state index contributed by atoms with van der Waals surface area (Å²) >= 11 is 0. The first kappa shape index (κ1) is 13.4. The molecule has 5 heteroatoms. The van der Waals surface area contributed by atoms with Crippen LogP contribution in [0.2, 0.25) is 0 Å². The van der Waals surface area contributed by atoms with Gasteiger partial charge in [0.2, 0.25) is 0 Å². The van der Waals surface area contributed by atoms with Crippen LogP contribution in [0.15, 0.2) is 12.4 Å². The largest absolute Gasteiger partial charge is 0.346 e. The van der Waals surface area contributed by atoms with E-state index in [4.69, 9.17) is 0 Å². The van der Waals surface area contributed by atoms with E-state index in [9.17, 15) is 0 Å². The third-order valence-corrected chi connectivity index (χ3v) is 4.15. The molecule has 1 aliphatic heterocycles. The lowest BCUT2D eigenvalue weighted by Gasteiger charge is -2.14. The molecular formula is C15H23N5. The van der Waals surface area contributed by atoms with Crippen LogP contribution in [-0.2, 0) is 13.1 Å². The summed E-state index contributed by atoms with van der Waals surface area (Å²) in [5.41, 5.74) is 3.66. The molecule has 0 aromatic carbocycles. The molecule has 0 radical (unpaired) electrons. The van der Waals surface area contributed by atoms with Crippen molar-refractivity contribution in [2.45, 2.75) is 46.2 Å². The van der Waals surface area contributed by atoms with Gasteiger partial charge in [0.1, 0.15) is 5.82 Å². The highest BCUT2D eigenvalue weighted by Gasteiger charge is 2.26. The van der Waals surface area contributed by atoms with E-state index >= 15 is 0 Å². The number of nitrogens with zero attached hydrogens (tertiary/aromatic N) is 4. The van der Waals surface area contributed by atoms with Gasteiger partial charge in [0.25, 0.3) is 0 Å². The summed E-state index contributed by atoms with van der Waals surface area (Å²) in [5, 5.41) is 4.52. The van der Waals surface area contributed by atoms with Crippen LogP contribution in [0.5, 0.6) is 0 Å². The van der Waals surface area contributed by atoms with Crippen LogP contribution in [0.4, 0.5) is 0 Å². The molecule has 0 amide bonds. The van der Waals surface area contributed by atoms with Gasteiger partial charge in [0, 0.05) is 49.2 Å². The summed E-state index contributed by atoms with van der Waals surface area (Å²) in [5.74, 6) is 1.69. The van der Waals surface area contributed by atoms with Crippen molar-refractivity contribution in [3.63, 3.8) is 0 Å². The summed E-state index contributed by atoms with van der Waals surface area (Å²) in [4.78, 5) is 10.4. The zero-order chi connectivity index (χ0) is 14.1. The molecule has 0 bridgehead atoms. The molecule has 1 saturated heterocycles. The molecule has 2 aromatic rings. The average Bonchev–Trinajstić information content (AvgIpc) is 3.12. The van der Waals surface area contributed by atoms with Crippen LogP contribution in [0.3, 0.4) is 0 Å². The van der Waals surface area contributed by atoms with Gasteiger partial charge in [-0.15, -0.1) is 0 Å². The SMILES string of the molecule is CCn1cc(CN2CC[C@H](c3ncc(C)[nH]3)C2)c(C)n1. The molecule has 0 aliphatic carbocycles. The molecule has 0 saturated carbocycles. The van der Waals surface area contributed by atoms with Crippen molar-refractivity contribution in [1.29, 1.82) is 0 Å². The van der Waals surface area contributed by atoms with Crippen molar-refractivity contribution in [3.8, 4) is 0 Å². The minimum absolute atomic E-state index is 0.547. The molecule has 5 nitrogen and oxygen atoms in total. The van der Waals surface area contributed by atoms with Gasteiger partial charge in [0.15, 0.2) is 0 Å². The lowest BCUT2D eigenvalue weighted by atomic mass is 10.1. The zero-order valence-corrected chi connectivity index (χ0v) is 12.6. The lowest BCUT2D eigenvalue weighted by molar-refractivity contribution is 0.325. The number of likely N-dealkylation sites (tertiary alicyclic amines) is 1. The summed E-state index contributed by atoms with van der Waals surface area (Å²) in [7, 11) is 0. The standard InChI is InChI=1S/C15H23N5/c1-4-20-10-14(12(3)18-20)9-19-6-5-13(8-19)15-16-7-11(2)17-15/h7,10,13H,4-6,8-9H2,1-3H3,(H,16,17)/t13-/m0/s1. The number of imidazole rings is 1. The molecule has 20 heavy (non-hydrogen) atoms. The number of aromatic amines is 1. The van der Waals surface area contributed by atoms with E-state index in [1.165, 1.54) is 12.0 Å². The minimum Gasteiger partial charge on any atom is -0.346 e. The van der Waals surface area contributed by atoms with Crippen LogP contribution >= 0.6 is 0 Å². The van der Waals surface area contributed by atoms with E-state index in [0.29, 0.717) is 5.92 Å². The summed E-state index contributed by atoms with van der Waals surface area (Å²) in [6.07, 6.45) is 5.29. The summed E-state index contributed by atoms with van der Waals surface area (Å²) in [6, 6.07) is 0. The number of aryl methyl sites for hydroxylation is 3. The fourth-order valence-corrected chi connectivity index (χ4v) is 2.96. The molecule has 1 aliphatic rings. The molecular weight excluding hydrogens is 250 g/mol. The first-order valence-corrected chi connectivity index (χ1v) is 7.42. The Kier molecular flexibility index (Phi) is 3.61. The number of rotatable bonds is 4. The van der Waals surface area contributed by atoms with Crippen molar-refractivity contribution >= 4 is 0 Å². The third-order valence-electron chi connectivity index (χ3n) is 4.15. The Labute approximate surface area is 120 Å². The van der Waals surface area contributed by atoms with Crippen LogP contribution in [-0.4, -0.2) is 37.7 Å². The third kappa shape index (κ3) is 2.63. The number of aromatic nitrogens is 4. The van der Waals surface area contributed by atoms with Gasteiger partial charge >= 0.3 is 0 Å². The Bertz CT molecular complexity index is 583. The maximum atomic E-state index is 4.52. The molecule has 0 spiro atoms. The normalized spacial score (nSPS) is 19.9. The van der Waals surface area contributed by atoms with E-state index in [1.807, 2.05) is 10.9 Å². The van der Waals surface area contributed by atoms with Gasteiger partial charge in [0.05, 0.1) is 5.69 Å². The van der Waals surface area contributed by atoms with Crippen molar-refractivity contribution in [1.82, 2.24) is 24.6 Å². The van der Waals surface area contributed by atoms with Crippen molar-refractivity contribution in [3.05, 3.63) is 35.2 Å². The Morgan fingerprint density at radius 3 is 2.90 bits per heavy atom. The highest BCUT2D eigenvalue weighted by Crippen LogP contribution is 2.26. The monoisotopic (exact) mass is 273 g/mol. The molecule has 0 unspecified atom stereocenters. The summed E-state index contributed by atoms with van der Waals surface area (Å²) in [6.45, 7) is 10.5. The maximum Gasteiger partial charge on any atom is 0.110 e. The van der Waals surface area contributed by atoms with Gasteiger partial charge in [-0.1, -0.05) is 0 Å². The quantitative estimate of drug-likeness (QED) is 0.929. The van der Waals surface area contributed by atoms with E-state index < -0.39 is 0 Å². The zero-order valence-electron chi connectivity index (χ0n) is 12.6. The van der Waals surface area contributed by atoms with Gasteiger partial charge in [-0.3, -0.25) is 9.58 Å². The fraction of sp³-hybridized carbons (Fsp3) is 0.600. The molecule has 3 heterocycles. The smallest absolute Gasteiger partial charge is 0.110 e. The van der Waals surface area contributed by atoms with Crippen molar-refractivity contribution in [2.75, 3.05) is 13.1 Å². The predicted molar refractivity (Wildman–Crippen MR) is 78.6 cm³/mol. The molecule has 1 atom stereocenters. The van der Waals surface area contributed by atoms with Gasteiger partial charge in [-0.05, 0) is 33.7 Å². The van der Waals surface area contributed by atoms with Crippen LogP contribution in [0, 0.1) is 13.8 Å². The van der Waals surface area contributed by atoms with Crippen LogP contribution in [0.1, 0.15) is 42.0 Å². The van der Waals surface area contributed by atoms with Crippen molar-refractivity contribution in [2.24, 2.45) is 0 Å². The van der Waals surface area contributed by atoms with E-state index in [2.05, 4.69) is 46.9 Å². The second-order valence-electron chi connectivity index (χ2n) is 5.77. The Hall–Kier alpha value is -1.62. The van der Waals surface area contributed by atoms with E-state index in [-0.39, 0.29) is 0 Å². The number of hydrogen-bond donors (Lipinski definition) is 1. The second kappa shape index (κ2) is 5.40. The second-order valence-corrected chi connectivity index (χ2v) is 5.77. The Morgan fingerprint density at radius 1 is 1.40 bits per heavy atom. The van der Waals surface area contributed by atoms with E-state index in [1.54, 1.807) is 0 Å². The Morgan fingerprint density at radius 2 is 2.25 bits per heavy atom. The highest BCUT2D eigenvalue weighted by molar-refractivity contribution is 5.16. The Balaban J connectivity index is 1.64. The fourth-order valence-electron chi connectivity index (χ4n) is 2.96. The predicted octanol–water partition coefficient (Wildman–Crippen LogP) is 2.23. The van der Waals surface area contributed by atoms with Crippen LogP contribution < -0.4 is 0 Å². The molecule has 108 valence electrons. The molecule has 2 aromatic heterocycles. The number of hydrogen-bond acceptors (Lipinski definition) is 3. The first-order chi connectivity index (χ1) is 9.65. The summed E-state index contributed by atoms with van der Waals surface area (Å²) < 4.78 is 2.02. The maximum absolute atomic E-state index is 4.52. The topological polar surface area (TPSA) is 49.7 Å². The van der Waals surface area contributed by atoms with Gasteiger partial charge < -0.3 is 4.98 Å². The van der Waals surface area contributed by atoms with Gasteiger partial charge in [-0.2, -0.15) is 5.10 Å². The van der Waals surface area contributed by atoms with Crippen LogP contribution in [0.25, 0.3) is 0 Å². The van der Waals surface area contributed by atoms with E-state index in [0.717, 1.165) is 43.4 Å². The highest BCUT2D eigenvalue weighted by atomic mass is 15.3. The average molecular weight is 273 g/mol.